The van der Waals surface area contributed by atoms with Gasteiger partial charge in [-0.15, -0.1) is 12.4 Å². The largest absolute Gasteiger partial charge is 0.494 e. The molecule has 2 aromatic rings. The van der Waals surface area contributed by atoms with Crippen LogP contribution in [0.1, 0.15) is 37.9 Å². The fourth-order valence-electron chi connectivity index (χ4n) is 2.44. The molecule has 4 nitrogen and oxygen atoms in total. The second-order valence-electron chi connectivity index (χ2n) is 6.00. The molecule has 2 rings (SSSR count). The van der Waals surface area contributed by atoms with Crippen LogP contribution in [0.3, 0.4) is 0 Å². The van der Waals surface area contributed by atoms with Crippen LogP contribution in [-0.4, -0.2) is 18.6 Å². The maximum Gasteiger partial charge on any atom is 0.225 e. The van der Waals surface area contributed by atoms with Gasteiger partial charge < -0.3 is 15.8 Å². The number of hydrogen-bond acceptors (Lipinski definition) is 3. The van der Waals surface area contributed by atoms with Gasteiger partial charge in [0.05, 0.1) is 12.6 Å². The van der Waals surface area contributed by atoms with Crippen LogP contribution in [0.5, 0.6) is 5.75 Å². The van der Waals surface area contributed by atoms with Crippen LogP contribution < -0.4 is 15.8 Å². The van der Waals surface area contributed by atoms with Gasteiger partial charge in [0.1, 0.15) is 5.75 Å². The van der Waals surface area contributed by atoms with Crippen molar-refractivity contribution < 1.29 is 9.53 Å². The maximum atomic E-state index is 12.5. The summed E-state index contributed by atoms with van der Waals surface area (Å²) >= 11 is 0. The Morgan fingerprint density at radius 1 is 1.04 bits per heavy atom. The molecule has 0 aromatic heterocycles. The molecule has 3 atom stereocenters. The lowest BCUT2D eigenvalue weighted by atomic mass is 9.96. The molecule has 0 aliphatic carbocycles. The minimum absolute atomic E-state index is 0. The van der Waals surface area contributed by atoms with Crippen LogP contribution in [0.15, 0.2) is 54.6 Å². The Hall–Kier alpha value is -2.04. The van der Waals surface area contributed by atoms with Crippen molar-refractivity contribution >= 4 is 18.3 Å². The van der Waals surface area contributed by atoms with Crippen molar-refractivity contribution in [3.05, 3.63) is 65.7 Å². The SMILES string of the molecule is CCOc1ccc(C(NC(=O)C(C)C(C)N)c2ccccc2)cc1.Cl. The summed E-state index contributed by atoms with van der Waals surface area (Å²) in [6.07, 6.45) is 0. The first kappa shape index (κ1) is 21.0. The van der Waals surface area contributed by atoms with Gasteiger partial charge in [-0.25, -0.2) is 0 Å². The van der Waals surface area contributed by atoms with Gasteiger partial charge in [0.25, 0.3) is 0 Å². The van der Waals surface area contributed by atoms with E-state index in [4.69, 9.17) is 10.5 Å². The van der Waals surface area contributed by atoms with E-state index in [1.165, 1.54) is 0 Å². The summed E-state index contributed by atoms with van der Waals surface area (Å²) in [6.45, 7) is 6.28. The van der Waals surface area contributed by atoms with E-state index in [0.717, 1.165) is 16.9 Å². The van der Waals surface area contributed by atoms with Gasteiger partial charge in [-0.1, -0.05) is 49.4 Å². The first-order chi connectivity index (χ1) is 11.5. The average molecular weight is 363 g/mol. The number of hydrogen-bond donors (Lipinski definition) is 2. The van der Waals surface area contributed by atoms with E-state index < -0.39 is 0 Å². The predicted octanol–water partition coefficient (Wildman–Crippen LogP) is 3.70. The standard InChI is InChI=1S/C20H26N2O2.ClH/c1-4-24-18-12-10-17(11-13-18)19(16-8-6-5-7-9-16)22-20(23)14(2)15(3)21;/h5-15,19H,4,21H2,1-3H3,(H,22,23);1H. The molecule has 2 aromatic carbocycles. The van der Waals surface area contributed by atoms with Gasteiger partial charge in [-0.3, -0.25) is 4.79 Å². The molecule has 0 fully saturated rings. The topological polar surface area (TPSA) is 64.3 Å². The Kier molecular flexibility index (Phi) is 8.46. The Labute approximate surface area is 156 Å². The quantitative estimate of drug-likeness (QED) is 0.789. The molecule has 0 aliphatic rings. The lowest BCUT2D eigenvalue weighted by Gasteiger charge is -2.23. The maximum absolute atomic E-state index is 12.5. The molecule has 3 unspecified atom stereocenters. The Morgan fingerprint density at radius 3 is 2.12 bits per heavy atom. The van der Waals surface area contributed by atoms with Gasteiger partial charge in [0.15, 0.2) is 0 Å². The molecule has 1 amide bonds. The summed E-state index contributed by atoms with van der Waals surface area (Å²) in [5.74, 6) is 0.523. The molecular weight excluding hydrogens is 336 g/mol. The van der Waals surface area contributed by atoms with Crippen molar-refractivity contribution in [3.63, 3.8) is 0 Å². The summed E-state index contributed by atoms with van der Waals surface area (Å²) in [4.78, 5) is 12.5. The highest BCUT2D eigenvalue weighted by Gasteiger charge is 2.22. The van der Waals surface area contributed by atoms with E-state index in [2.05, 4.69) is 5.32 Å². The van der Waals surface area contributed by atoms with Crippen LogP contribution in [0.2, 0.25) is 0 Å². The molecule has 0 heterocycles. The van der Waals surface area contributed by atoms with Crippen molar-refractivity contribution in [2.75, 3.05) is 6.61 Å². The summed E-state index contributed by atoms with van der Waals surface area (Å²) < 4.78 is 5.49. The van der Waals surface area contributed by atoms with Crippen LogP contribution in [0.25, 0.3) is 0 Å². The molecule has 25 heavy (non-hydrogen) atoms. The number of nitrogens with two attached hydrogens (primary N) is 1. The number of nitrogens with one attached hydrogen (secondary N) is 1. The first-order valence-corrected chi connectivity index (χ1v) is 8.36. The number of benzene rings is 2. The minimum Gasteiger partial charge on any atom is -0.494 e. The van der Waals surface area contributed by atoms with Gasteiger partial charge in [0, 0.05) is 12.0 Å². The number of amides is 1. The van der Waals surface area contributed by atoms with Gasteiger partial charge >= 0.3 is 0 Å². The molecule has 3 N–H and O–H groups in total. The van der Waals surface area contributed by atoms with Crippen molar-refractivity contribution in [3.8, 4) is 5.75 Å². The lowest BCUT2D eigenvalue weighted by Crippen LogP contribution is -2.40. The Balaban J connectivity index is 0.00000312. The zero-order valence-electron chi connectivity index (χ0n) is 14.9. The number of carbonyl (C=O) groups is 1. The van der Waals surface area contributed by atoms with Crippen LogP contribution in [0, 0.1) is 5.92 Å². The van der Waals surface area contributed by atoms with E-state index in [9.17, 15) is 4.79 Å². The van der Waals surface area contributed by atoms with Crippen LogP contribution >= 0.6 is 12.4 Å². The summed E-state index contributed by atoms with van der Waals surface area (Å²) in [7, 11) is 0. The van der Waals surface area contributed by atoms with Gasteiger partial charge in [-0.05, 0) is 37.1 Å². The highest BCUT2D eigenvalue weighted by molar-refractivity contribution is 5.85. The number of ether oxygens (including phenoxy) is 1. The molecule has 0 bridgehead atoms. The first-order valence-electron chi connectivity index (χ1n) is 8.36. The fourth-order valence-corrected chi connectivity index (χ4v) is 2.44. The van der Waals surface area contributed by atoms with Crippen molar-refractivity contribution in [2.24, 2.45) is 11.7 Å². The smallest absolute Gasteiger partial charge is 0.225 e. The molecule has 0 saturated heterocycles. The average Bonchev–Trinajstić information content (AvgIpc) is 2.60. The van der Waals surface area contributed by atoms with Crippen molar-refractivity contribution in [1.82, 2.24) is 5.32 Å². The summed E-state index contributed by atoms with van der Waals surface area (Å²) in [5, 5.41) is 3.12. The third kappa shape index (κ3) is 5.76. The molecular formula is C20H27ClN2O2. The van der Waals surface area contributed by atoms with Gasteiger partial charge in [0.2, 0.25) is 5.91 Å². The minimum atomic E-state index is -0.251. The highest BCUT2D eigenvalue weighted by Crippen LogP contribution is 2.24. The zero-order valence-corrected chi connectivity index (χ0v) is 15.8. The second kappa shape index (κ2) is 10.1. The normalized spacial score (nSPS) is 13.9. The summed E-state index contributed by atoms with van der Waals surface area (Å²) in [5.41, 5.74) is 7.91. The third-order valence-electron chi connectivity index (χ3n) is 4.15. The van der Waals surface area contributed by atoms with E-state index in [-0.39, 0.29) is 36.3 Å². The van der Waals surface area contributed by atoms with Gasteiger partial charge in [-0.2, -0.15) is 0 Å². The fraction of sp³-hybridized carbons (Fsp3) is 0.350. The third-order valence-corrected chi connectivity index (χ3v) is 4.15. The molecule has 5 heteroatoms. The molecule has 136 valence electrons. The van der Waals surface area contributed by atoms with Crippen molar-refractivity contribution in [1.29, 1.82) is 0 Å². The van der Waals surface area contributed by atoms with E-state index in [1.807, 2.05) is 75.4 Å². The molecule has 0 spiro atoms. The van der Waals surface area contributed by atoms with Crippen LogP contribution in [0.4, 0.5) is 0 Å². The molecule has 0 saturated carbocycles. The molecule has 0 radical (unpaired) electrons. The van der Waals surface area contributed by atoms with E-state index >= 15 is 0 Å². The Morgan fingerprint density at radius 2 is 1.60 bits per heavy atom. The van der Waals surface area contributed by atoms with E-state index in [0.29, 0.717) is 6.61 Å². The number of halogens is 1. The van der Waals surface area contributed by atoms with E-state index in [1.54, 1.807) is 0 Å². The highest BCUT2D eigenvalue weighted by atomic mass is 35.5. The summed E-state index contributed by atoms with van der Waals surface area (Å²) in [6, 6.07) is 17.3. The molecule has 0 aliphatic heterocycles. The zero-order chi connectivity index (χ0) is 17.5. The number of rotatable bonds is 7. The van der Waals surface area contributed by atoms with Crippen molar-refractivity contribution in [2.45, 2.75) is 32.9 Å². The lowest BCUT2D eigenvalue weighted by molar-refractivity contribution is -0.125. The second-order valence-corrected chi connectivity index (χ2v) is 6.00. The Bertz CT molecular complexity index is 645. The number of carbonyl (C=O) groups excluding carboxylic acids is 1. The van der Waals surface area contributed by atoms with Crippen LogP contribution in [-0.2, 0) is 4.79 Å². The predicted molar refractivity (Wildman–Crippen MR) is 104 cm³/mol. The monoisotopic (exact) mass is 362 g/mol.